The predicted molar refractivity (Wildman–Crippen MR) is 107 cm³/mol. The van der Waals surface area contributed by atoms with Crippen LogP contribution in [0.25, 0.3) is 0 Å². The van der Waals surface area contributed by atoms with Crippen molar-refractivity contribution in [2.45, 2.75) is 18.9 Å². The van der Waals surface area contributed by atoms with Gasteiger partial charge in [-0.1, -0.05) is 6.07 Å². The highest BCUT2D eigenvalue weighted by molar-refractivity contribution is 6.14. The molecule has 2 aromatic rings. The van der Waals surface area contributed by atoms with E-state index in [0.717, 1.165) is 19.1 Å². The molecular formula is C19H20FN7O. The Bertz CT molecular complexity index is 904. The van der Waals surface area contributed by atoms with Gasteiger partial charge in [-0.15, -0.1) is 0 Å². The van der Waals surface area contributed by atoms with E-state index in [9.17, 15) is 9.65 Å². The van der Waals surface area contributed by atoms with E-state index >= 15 is 0 Å². The number of rotatable bonds is 7. The molecule has 9 heteroatoms. The van der Waals surface area contributed by atoms with Crippen LogP contribution in [0.15, 0.2) is 35.4 Å². The van der Waals surface area contributed by atoms with Crippen LogP contribution in [0.1, 0.15) is 18.4 Å². The summed E-state index contributed by atoms with van der Waals surface area (Å²) in [5, 5.41) is 26.3. The van der Waals surface area contributed by atoms with Crippen LogP contribution in [0, 0.1) is 22.6 Å². The van der Waals surface area contributed by atoms with E-state index in [1.54, 1.807) is 24.3 Å². The molecule has 28 heavy (non-hydrogen) atoms. The number of ether oxygens (including phenoxy) is 1. The van der Waals surface area contributed by atoms with Gasteiger partial charge in [-0.3, -0.25) is 5.43 Å². The van der Waals surface area contributed by atoms with E-state index < -0.39 is 5.82 Å². The minimum absolute atomic E-state index is 0.0794. The molecule has 0 unspecified atom stereocenters. The summed E-state index contributed by atoms with van der Waals surface area (Å²) in [5.41, 5.74) is 4.23. The number of hydrogen-bond donors (Lipinski definition) is 4. The van der Waals surface area contributed by atoms with Crippen molar-refractivity contribution in [3.63, 3.8) is 0 Å². The quantitative estimate of drug-likeness (QED) is 0.431. The van der Waals surface area contributed by atoms with Gasteiger partial charge in [0.25, 0.3) is 0 Å². The van der Waals surface area contributed by atoms with Crippen LogP contribution in [0.5, 0.6) is 0 Å². The van der Waals surface area contributed by atoms with Gasteiger partial charge in [0.05, 0.1) is 17.5 Å². The number of halogens is 1. The van der Waals surface area contributed by atoms with E-state index in [4.69, 9.17) is 10.1 Å². The molecule has 0 atom stereocenters. The van der Waals surface area contributed by atoms with E-state index in [1.165, 1.54) is 12.3 Å². The summed E-state index contributed by atoms with van der Waals surface area (Å²) in [7, 11) is 0. The molecule has 2 heterocycles. The molecule has 0 aliphatic carbocycles. The number of pyridine rings is 1. The number of aromatic nitrogens is 1. The first kappa shape index (κ1) is 19.3. The topological polar surface area (TPSA) is 118 Å². The summed E-state index contributed by atoms with van der Waals surface area (Å²) in [5.74, 6) is -0.193. The Balaban J connectivity index is 1.81. The highest BCUT2D eigenvalue weighted by atomic mass is 19.1. The van der Waals surface area contributed by atoms with Gasteiger partial charge in [0, 0.05) is 31.2 Å². The lowest BCUT2D eigenvalue weighted by molar-refractivity contribution is 0.0903. The Labute approximate surface area is 161 Å². The zero-order valence-electron chi connectivity index (χ0n) is 15.1. The zero-order valence-corrected chi connectivity index (χ0v) is 15.1. The maximum absolute atomic E-state index is 14.4. The molecule has 0 spiro atoms. The Kier molecular flexibility index (Phi) is 6.49. The van der Waals surface area contributed by atoms with Crippen LogP contribution >= 0.6 is 0 Å². The van der Waals surface area contributed by atoms with Crippen molar-refractivity contribution in [3.05, 3.63) is 41.7 Å². The molecule has 0 bridgehead atoms. The summed E-state index contributed by atoms with van der Waals surface area (Å²) >= 11 is 0. The van der Waals surface area contributed by atoms with Gasteiger partial charge in [-0.05, 0) is 37.1 Å². The lowest BCUT2D eigenvalue weighted by Crippen LogP contribution is -2.28. The van der Waals surface area contributed by atoms with Crippen molar-refractivity contribution in [2.75, 3.05) is 29.3 Å². The number of hydrazone groups is 1. The monoisotopic (exact) mass is 381 g/mol. The number of benzene rings is 1. The maximum Gasteiger partial charge on any atom is 0.166 e. The number of nitrogens with zero attached hydrogens (tertiary/aromatic N) is 3. The fourth-order valence-corrected chi connectivity index (χ4v) is 2.76. The van der Waals surface area contributed by atoms with E-state index in [-0.39, 0.29) is 23.2 Å². The van der Waals surface area contributed by atoms with Crippen LogP contribution in [-0.2, 0) is 4.74 Å². The number of nitrogens with one attached hydrogen (secondary N) is 4. The minimum Gasteiger partial charge on any atom is -0.381 e. The van der Waals surface area contributed by atoms with Gasteiger partial charge >= 0.3 is 0 Å². The van der Waals surface area contributed by atoms with Gasteiger partial charge < -0.3 is 20.8 Å². The molecule has 0 saturated carbocycles. The highest BCUT2D eigenvalue weighted by Crippen LogP contribution is 2.26. The maximum atomic E-state index is 14.4. The molecule has 1 saturated heterocycles. The average molecular weight is 381 g/mol. The second-order valence-corrected chi connectivity index (χ2v) is 6.12. The van der Waals surface area contributed by atoms with Crippen LogP contribution in [0.3, 0.4) is 0 Å². The SMILES string of the molecule is N#Cc1cc(F)c(NC2CCOCC2)nc1Nc1cccc(N/N=C\C=N)c1. The zero-order chi connectivity index (χ0) is 19.8. The molecule has 1 aromatic carbocycles. The predicted octanol–water partition coefficient (Wildman–Crippen LogP) is 3.47. The number of hydrogen-bond acceptors (Lipinski definition) is 8. The van der Waals surface area contributed by atoms with Crippen LogP contribution in [0.4, 0.5) is 27.4 Å². The molecule has 3 rings (SSSR count). The van der Waals surface area contributed by atoms with Gasteiger partial charge in [0.15, 0.2) is 17.5 Å². The molecule has 8 nitrogen and oxygen atoms in total. The van der Waals surface area contributed by atoms with Crippen LogP contribution in [-0.4, -0.2) is 36.7 Å². The molecule has 0 amide bonds. The highest BCUT2D eigenvalue weighted by Gasteiger charge is 2.18. The first-order chi connectivity index (χ1) is 13.7. The Hall–Kier alpha value is -3.51. The largest absolute Gasteiger partial charge is 0.381 e. The smallest absolute Gasteiger partial charge is 0.166 e. The summed E-state index contributed by atoms with van der Waals surface area (Å²) in [6, 6.07) is 10.4. The molecule has 1 aliphatic heterocycles. The Morgan fingerprint density at radius 3 is 2.79 bits per heavy atom. The summed E-state index contributed by atoms with van der Waals surface area (Å²) in [4.78, 5) is 4.30. The summed E-state index contributed by atoms with van der Waals surface area (Å²) < 4.78 is 19.7. The van der Waals surface area contributed by atoms with Crippen molar-refractivity contribution < 1.29 is 9.13 Å². The van der Waals surface area contributed by atoms with Crippen molar-refractivity contribution in [1.82, 2.24) is 4.98 Å². The fraction of sp³-hybridized carbons (Fsp3) is 0.263. The molecule has 1 aromatic heterocycles. The van der Waals surface area contributed by atoms with Gasteiger partial charge in [0.1, 0.15) is 6.07 Å². The van der Waals surface area contributed by atoms with Crippen LogP contribution in [0.2, 0.25) is 0 Å². The third kappa shape index (κ3) is 5.02. The fourth-order valence-electron chi connectivity index (χ4n) is 2.76. The molecular weight excluding hydrogens is 361 g/mol. The molecule has 1 fully saturated rings. The third-order valence-electron chi connectivity index (χ3n) is 4.13. The molecule has 4 N–H and O–H groups in total. The summed E-state index contributed by atoms with van der Waals surface area (Å²) in [6.45, 7) is 1.25. The molecule has 144 valence electrons. The van der Waals surface area contributed by atoms with E-state index in [1.807, 2.05) is 6.07 Å². The minimum atomic E-state index is -0.565. The van der Waals surface area contributed by atoms with Crippen molar-refractivity contribution in [3.8, 4) is 6.07 Å². The first-order valence-corrected chi connectivity index (χ1v) is 8.79. The number of nitriles is 1. The summed E-state index contributed by atoms with van der Waals surface area (Å²) in [6.07, 6.45) is 3.91. The third-order valence-corrected chi connectivity index (χ3v) is 4.13. The van der Waals surface area contributed by atoms with Gasteiger partial charge in [-0.2, -0.15) is 10.4 Å². The Morgan fingerprint density at radius 2 is 2.04 bits per heavy atom. The van der Waals surface area contributed by atoms with E-state index in [0.29, 0.717) is 24.6 Å². The Morgan fingerprint density at radius 1 is 1.25 bits per heavy atom. The standard InChI is InChI=1S/C19H20FN7O/c20-17-10-13(12-22)18(26-19(17)24-14-4-8-28-9-5-14)25-15-2-1-3-16(11-15)27-23-7-6-21/h1-3,6-7,10-11,14,21,27H,4-5,8-9H2,(H2,24,25,26)/b21-6?,23-7-. The van der Waals surface area contributed by atoms with Crippen molar-refractivity contribution in [1.29, 1.82) is 10.7 Å². The van der Waals surface area contributed by atoms with E-state index in [2.05, 4.69) is 26.1 Å². The van der Waals surface area contributed by atoms with Gasteiger partial charge in [-0.25, -0.2) is 9.37 Å². The molecule has 0 radical (unpaired) electrons. The van der Waals surface area contributed by atoms with Crippen molar-refractivity contribution >= 4 is 35.4 Å². The average Bonchev–Trinajstić information content (AvgIpc) is 2.71. The second kappa shape index (κ2) is 9.43. The lowest BCUT2D eigenvalue weighted by atomic mass is 10.1. The van der Waals surface area contributed by atoms with Gasteiger partial charge in [0.2, 0.25) is 0 Å². The first-order valence-electron chi connectivity index (χ1n) is 8.79. The molecule has 1 aliphatic rings. The second-order valence-electron chi connectivity index (χ2n) is 6.12. The normalized spacial score (nSPS) is 14.4. The van der Waals surface area contributed by atoms with Crippen LogP contribution < -0.4 is 16.1 Å². The van der Waals surface area contributed by atoms with Crippen molar-refractivity contribution in [2.24, 2.45) is 5.10 Å². The number of anilines is 4. The lowest BCUT2D eigenvalue weighted by Gasteiger charge is -2.24.